The van der Waals surface area contributed by atoms with Crippen molar-refractivity contribution >= 4 is 6.29 Å². The predicted octanol–water partition coefficient (Wildman–Crippen LogP) is 1.67. The molecule has 5 heteroatoms. The second-order valence-electron chi connectivity index (χ2n) is 3.52. The highest BCUT2D eigenvalue weighted by molar-refractivity contribution is 5.54. The van der Waals surface area contributed by atoms with Crippen molar-refractivity contribution in [3.63, 3.8) is 0 Å². The maximum Gasteiger partial charge on any atom is 0.417 e. The first kappa shape index (κ1) is 10.5. The predicted molar refractivity (Wildman–Crippen MR) is 39.0 cm³/mol. The lowest BCUT2D eigenvalue weighted by atomic mass is 9.78. The molecule has 0 aromatic carbocycles. The largest absolute Gasteiger partial charge is 0.417 e. The molecule has 1 aliphatic rings. The molecule has 0 aromatic heterocycles. The van der Waals surface area contributed by atoms with Crippen LogP contribution >= 0.6 is 0 Å². The third kappa shape index (κ3) is 2.02. The molecule has 2 atom stereocenters. The summed E-state index contributed by atoms with van der Waals surface area (Å²) in [7, 11) is 0. The van der Waals surface area contributed by atoms with Gasteiger partial charge in [0.15, 0.2) is 5.60 Å². The van der Waals surface area contributed by atoms with E-state index in [9.17, 15) is 23.1 Å². The van der Waals surface area contributed by atoms with Crippen LogP contribution in [0.25, 0.3) is 0 Å². The third-order valence-corrected chi connectivity index (χ3v) is 2.49. The minimum absolute atomic E-state index is 0.249. The highest BCUT2D eigenvalue weighted by Crippen LogP contribution is 2.42. The van der Waals surface area contributed by atoms with Crippen LogP contribution in [-0.4, -0.2) is 23.2 Å². The molecule has 0 radical (unpaired) electrons. The second kappa shape index (κ2) is 3.29. The molecule has 76 valence electrons. The first-order valence-electron chi connectivity index (χ1n) is 4.13. The number of halogens is 3. The highest BCUT2D eigenvalue weighted by Gasteiger charge is 2.55. The van der Waals surface area contributed by atoms with Gasteiger partial charge in [0.2, 0.25) is 0 Å². The van der Waals surface area contributed by atoms with Gasteiger partial charge in [0.25, 0.3) is 0 Å². The van der Waals surface area contributed by atoms with Crippen LogP contribution in [-0.2, 0) is 4.79 Å². The smallest absolute Gasteiger partial charge is 0.380 e. The van der Waals surface area contributed by atoms with Gasteiger partial charge in [-0.05, 0) is 25.7 Å². The van der Waals surface area contributed by atoms with Crippen LogP contribution in [0.2, 0.25) is 0 Å². The van der Waals surface area contributed by atoms with E-state index in [0.717, 1.165) is 0 Å². The standard InChI is InChI=1S/C8H11F3O2/c9-8(10,11)7(13)3-1-2-6(4-7)5-12/h5-6,13H,1-4H2. The van der Waals surface area contributed by atoms with Gasteiger partial charge in [-0.1, -0.05) is 0 Å². The summed E-state index contributed by atoms with van der Waals surface area (Å²) in [4.78, 5) is 10.3. The second-order valence-corrected chi connectivity index (χ2v) is 3.52. The number of carbonyl (C=O) groups is 1. The van der Waals surface area contributed by atoms with Gasteiger partial charge in [0.05, 0.1) is 0 Å². The SMILES string of the molecule is O=CC1CCCC(O)(C(F)(F)F)C1. The van der Waals surface area contributed by atoms with Gasteiger partial charge in [-0.25, -0.2) is 0 Å². The molecule has 2 unspecified atom stereocenters. The number of carbonyl (C=O) groups excluding carboxylic acids is 1. The summed E-state index contributed by atoms with van der Waals surface area (Å²) in [6.07, 6.45) is -4.20. The van der Waals surface area contributed by atoms with Crippen LogP contribution in [0.4, 0.5) is 13.2 Å². The van der Waals surface area contributed by atoms with E-state index in [-0.39, 0.29) is 12.8 Å². The molecular weight excluding hydrogens is 185 g/mol. The average Bonchev–Trinajstić information content (AvgIpc) is 2.02. The lowest BCUT2D eigenvalue weighted by Gasteiger charge is -2.36. The van der Waals surface area contributed by atoms with E-state index in [4.69, 9.17) is 0 Å². The molecule has 0 amide bonds. The van der Waals surface area contributed by atoms with E-state index < -0.39 is 24.1 Å². The minimum Gasteiger partial charge on any atom is -0.380 e. The minimum atomic E-state index is -4.62. The van der Waals surface area contributed by atoms with E-state index in [0.29, 0.717) is 12.7 Å². The molecule has 1 N–H and O–H groups in total. The molecule has 0 spiro atoms. The van der Waals surface area contributed by atoms with Crippen molar-refractivity contribution in [3.05, 3.63) is 0 Å². The highest BCUT2D eigenvalue weighted by atomic mass is 19.4. The van der Waals surface area contributed by atoms with Gasteiger partial charge in [0.1, 0.15) is 6.29 Å². The monoisotopic (exact) mass is 196 g/mol. The molecule has 2 nitrogen and oxygen atoms in total. The van der Waals surface area contributed by atoms with Gasteiger partial charge in [-0.3, -0.25) is 0 Å². The molecule has 1 aliphatic carbocycles. The molecule has 0 aromatic rings. The van der Waals surface area contributed by atoms with Crippen molar-refractivity contribution in [3.8, 4) is 0 Å². The zero-order valence-corrected chi connectivity index (χ0v) is 6.97. The topological polar surface area (TPSA) is 37.3 Å². The normalized spacial score (nSPS) is 35.8. The van der Waals surface area contributed by atoms with Gasteiger partial charge in [-0.15, -0.1) is 0 Å². The Bertz CT molecular complexity index is 202. The van der Waals surface area contributed by atoms with Crippen molar-refractivity contribution in [1.29, 1.82) is 0 Å². The number of aldehydes is 1. The van der Waals surface area contributed by atoms with E-state index in [1.54, 1.807) is 0 Å². The van der Waals surface area contributed by atoms with Gasteiger partial charge in [0, 0.05) is 5.92 Å². The fraction of sp³-hybridized carbons (Fsp3) is 0.875. The number of alkyl halides is 3. The van der Waals surface area contributed by atoms with Gasteiger partial charge < -0.3 is 9.90 Å². The van der Waals surface area contributed by atoms with Crippen molar-refractivity contribution in [2.45, 2.75) is 37.5 Å². The lowest BCUT2D eigenvalue weighted by molar-refractivity contribution is -0.272. The first-order chi connectivity index (χ1) is 5.89. The Hall–Kier alpha value is -0.580. The maximum absolute atomic E-state index is 12.3. The van der Waals surface area contributed by atoms with Crippen LogP contribution in [0, 0.1) is 5.92 Å². The summed E-state index contributed by atoms with van der Waals surface area (Å²) in [5.41, 5.74) is -2.64. The molecule has 13 heavy (non-hydrogen) atoms. The quantitative estimate of drug-likeness (QED) is 0.647. The molecule has 0 heterocycles. The van der Waals surface area contributed by atoms with Crippen molar-refractivity contribution in [1.82, 2.24) is 0 Å². The zero-order valence-electron chi connectivity index (χ0n) is 6.97. The van der Waals surface area contributed by atoms with E-state index >= 15 is 0 Å². The van der Waals surface area contributed by atoms with Crippen LogP contribution in [0.15, 0.2) is 0 Å². The lowest BCUT2D eigenvalue weighted by Crippen LogP contribution is -2.48. The van der Waals surface area contributed by atoms with Crippen LogP contribution in [0.1, 0.15) is 25.7 Å². The fourth-order valence-corrected chi connectivity index (χ4v) is 1.67. The molecule has 1 saturated carbocycles. The summed E-state index contributed by atoms with van der Waals surface area (Å²) in [5, 5.41) is 9.23. The van der Waals surface area contributed by atoms with Crippen molar-refractivity contribution in [2.24, 2.45) is 5.92 Å². The Kier molecular flexibility index (Phi) is 2.66. The van der Waals surface area contributed by atoms with Crippen molar-refractivity contribution < 1.29 is 23.1 Å². The summed E-state index contributed by atoms with van der Waals surface area (Å²) in [6, 6.07) is 0. The van der Waals surface area contributed by atoms with Crippen LogP contribution < -0.4 is 0 Å². The summed E-state index contributed by atoms with van der Waals surface area (Å²) in [6.45, 7) is 0. The number of aliphatic hydroxyl groups is 1. The van der Waals surface area contributed by atoms with E-state index in [2.05, 4.69) is 0 Å². The average molecular weight is 196 g/mol. The molecular formula is C8H11F3O2. The Balaban J connectivity index is 2.73. The Morgan fingerprint density at radius 1 is 1.46 bits per heavy atom. The number of rotatable bonds is 1. The first-order valence-corrected chi connectivity index (χ1v) is 4.13. The Morgan fingerprint density at radius 3 is 2.54 bits per heavy atom. The van der Waals surface area contributed by atoms with Crippen LogP contribution in [0.5, 0.6) is 0 Å². The third-order valence-electron chi connectivity index (χ3n) is 2.49. The maximum atomic E-state index is 12.3. The van der Waals surface area contributed by atoms with Crippen LogP contribution in [0.3, 0.4) is 0 Å². The molecule has 1 fully saturated rings. The summed E-state index contributed by atoms with van der Waals surface area (Å²) < 4.78 is 36.8. The summed E-state index contributed by atoms with van der Waals surface area (Å²) in [5.74, 6) is -0.652. The Labute approximate surface area is 73.7 Å². The van der Waals surface area contributed by atoms with Gasteiger partial charge >= 0.3 is 6.18 Å². The van der Waals surface area contributed by atoms with Crippen molar-refractivity contribution in [2.75, 3.05) is 0 Å². The molecule has 0 bridgehead atoms. The number of hydrogen-bond acceptors (Lipinski definition) is 2. The van der Waals surface area contributed by atoms with E-state index in [1.165, 1.54) is 0 Å². The molecule has 0 saturated heterocycles. The number of hydrogen-bond donors (Lipinski definition) is 1. The fourth-order valence-electron chi connectivity index (χ4n) is 1.67. The zero-order chi connectivity index (χ0) is 10.1. The molecule has 0 aliphatic heterocycles. The van der Waals surface area contributed by atoms with Gasteiger partial charge in [-0.2, -0.15) is 13.2 Å². The Morgan fingerprint density at radius 2 is 2.08 bits per heavy atom. The molecule has 1 rings (SSSR count). The summed E-state index contributed by atoms with van der Waals surface area (Å²) >= 11 is 0. The van der Waals surface area contributed by atoms with E-state index in [1.807, 2.05) is 0 Å².